The fraction of sp³-hybridized carbons (Fsp3) is 0.231. The Balaban J connectivity index is 2.22. The van der Waals surface area contributed by atoms with Gasteiger partial charge in [0.1, 0.15) is 18.2 Å². The van der Waals surface area contributed by atoms with Gasteiger partial charge in [0.15, 0.2) is 5.82 Å². The fourth-order valence-corrected chi connectivity index (χ4v) is 2.08. The number of nitrogens with two attached hydrogens (primary N) is 1. The molecule has 0 aliphatic heterocycles. The molecule has 19 heavy (non-hydrogen) atoms. The monoisotopic (exact) mass is 276 g/mol. The smallest absolute Gasteiger partial charge is 0.158 e. The van der Waals surface area contributed by atoms with Crippen LogP contribution in [0.25, 0.3) is 0 Å². The second-order valence-electron chi connectivity index (χ2n) is 3.88. The first-order chi connectivity index (χ1) is 9.21. The van der Waals surface area contributed by atoms with Crippen molar-refractivity contribution in [3.05, 3.63) is 36.2 Å². The van der Waals surface area contributed by atoms with Crippen LogP contribution in [-0.4, -0.2) is 23.3 Å². The minimum absolute atomic E-state index is 0.338. The van der Waals surface area contributed by atoms with E-state index in [4.69, 9.17) is 10.5 Å². The number of nitrogens with zero attached hydrogens (tertiary/aromatic N) is 2. The predicted molar refractivity (Wildman–Crippen MR) is 78.7 cm³/mol. The quantitative estimate of drug-likeness (QED) is 0.818. The zero-order valence-corrected chi connectivity index (χ0v) is 11.7. The van der Waals surface area contributed by atoms with Crippen molar-refractivity contribution in [2.45, 2.75) is 11.5 Å². The molecular weight excluding hydrogens is 260 g/mol. The van der Waals surface area contributed by atoms with Crippen LogP contribution in [0.15, 0.2) is 35.2 Å². The highest BCUT2D eigenvalue weighted by molar-refractivity contribution is 7.98. The third-order valence-electron chi connectivity index (χ3n) is 2.41. The summed E-state index contributed by atoms with van der Waals surface area (Å²) < 4.78 is 5.01. The van der Waals surface area contributed by atoms with Crippen molar-refractivity contribution in [2.75, 3.05) is 24.4 Å². The van der Waals surface area contributed by atoms with Crippen molar-refractivity contribution < 1.29 is 4.74 Å². The maximum Gasteiger partial charge on any atom is 0.158 e. The number of aromatic nitrogens is 2. The van der Waals surface area contributed by atoms with Crippen molar-refractivity contribution in [3.63, 3.8) is 0 Å². The van der Waals surface area contributed by atoms with E-state index in [2.05, 4.69) is 27.4 Å². The van der Waals surface area contributed by atoms with E-state index >= 15 is 0 Å². The molecule has 0 fully saturated rings. The second-order valence-corrected chi connectivity index (χ2v) is 4.76. The number of hydrogen-bond acceptors (Lipinski definition) is 6. The number of methoxy groups -OCH3 is 1. The fourth-order valence-electron chi connectivity index (χ4n) is 1.62. The summed E-state index contributed by atoms with van der Waals surface area (Å²) in [4.78, 5) is 9.62. The van der Waals surface area contributed by atoms with E-state index in [1.807, 2.05) is 18.4 Å². The van der Waals surface area contributed by atoms with Gasteiger partial charge < -0.3 is 15.8 Å². The van der Waals surface area contributed by atoms with Gasteiger partial charge in [-0.05, 0) is 24.5 Å². The summed E-state index contributed by atoms with van der Waals surface area (Å²) in [6, 6.07) is 9.78. The van der Waals surface area contributed by atoms with Crippen molar-refractivity contribution in [1.82, 2.24) is 9.97 Å². The third kappa shape index (κ3) is 3.84. The van der Waals surface area contributed by atoms with Crippen LogP contribution in [0.5, 0.6) is 0 Å². The van der Waals surface area contributed by atoms with E-state index < -0.39 is 0 Å². The molecule has 0 saturated heterocycles. The number of thioether (sulfide) groups is 1. The molecule has 0 amide bonds. The molecule has 0 aliphatic carbocycles. The molecule has 1 heterocycles. The average Bonchev–Trinajstić information content (AvgIpc) is 2.38. The van der Waals surface area contributed by atoms with Crippen LogP contribution in [0, 0.1) is 0 Å². The van der Waals surface area contributed by atoms with Gasteiger partial charge in [0, 0.05) is 23.8 Å². The summed E-state index contributed by atoms with van der Waals surface area (Å²) in [6.45, 7) is 0.338. The van der Waals surface area contributed by atoms with Gasteiger partial charge in [-0.25, -0.2) is 9.97 Å². The molecule has 3 N–H and O–H groups in total. The Labute approximate surface area is 116 Å². The highest BCUT2D eigenvalue weighted by Gasteiger charge is 2.03. The first-order valence-electron chi connectivity index (χ1n) is 5.74. The van der Waals surface area contributed by atoms with Gasteiger partial charge in [-0.2, -0.15) is 0 Å². The number of ether oxygens (including phenoxy) is 1. The van der Waals surface area contributed by atoms with Crippen LogP contribution in [0.2, 0.25) is 0 Å². The van der Waals surface area contributed by atoms with Crippen molar-refractivity contribution in [2.24, 2.45) is 0 Å². The van der Waals surface area contributed by atoms with E-state index in [0.717, 1.165) is 5.69 Å². The molecule has 2 rings (SSSR count). The Hall–Kier alpha value is -1.79. The van der Waals surface area contributed by atoms with Gasteiger partial charge in [-0.3, -0.25) is 0 Å². The highest BCUT2D eigenvalue weighted by Crippen LogP contribution is 2.22. The minimum atomic E-state index is 0.338. The summed E-state index contributed by atoms with van der Waals surface area (Å²) in [5.41, 5.74) is 6.71. The molecule has 1 aromatic heterocycles. The maximum absolute atomic E-state index is 5.75. The van der Waals surface area contributed by atoms with E-state index in [1.54, 1.807) is 24.9 Å². The molecule has 0 atom stereocenters. The first kappa shape index (κ1) is 13.6. The van der Waals surface area contributed by atoms with Crippen LogP contribution in [0.3, 0.4) is 0 Å². The zero-order valence-electron chi connectivity index (χ0n) is 10.9. The number of nitrogens with one attached hydrogen (secondary N) is 1. The first-order valence-corrected chi connectivity index (χ1v) is 6.97. The van der Waals surface area contributed by atoms with Gasteiger partial charge in [0.25, 0.3) is 0 Å². The second kappa shape index (κ2) is 6.40. The number of hydrogen-bond donors (Lipinski definition) is 2. The van der Waals surface area contributed by atoms with E-state index in [0.29, 0.717) is 24.1 Å². The summed E-state index contributed by atoms with van der Waals surface area (Å²) in [5, 5.41) is 3.22. The van der Waals surface area contributed by atoms with Crippen molar-refractivity contribution >= 4 is 29.1 Å². The van der Waals surface area contributed by atoms with Crippen molar-refractivity contribution in [3.8, 4) is 0 Å². The Morgan fingerprint density at radius 3 is 2.89 bits per heavy atom. The minimum Gasteiger partial charge on any atom is -0.384 e. The molecule has 0 aliphatic rings. The molecule has 0 bridgehead atoms. The van der Waals surface area contributed by atoms with Gasteiger partial charge in [-0.15, -0.1) is 11.8 Å². The van der Waals surface area contributed by atoms with E-state index in [1.165, 1.54) is 4.90 Å². The van der Waals surface area contributed by atoms with Gasteiger partial charge >= 0.3 is 0 Å². The summed E-state index contributed by atoms with van der Waals surface area (Å²) >= 11 is 1.69. The Bertz CT molecular complexity index is 562. The van der Waals surface area contributed by atoms with Crippen LogP contribution in [-0.2, 0) is 11.3 Å². The normalized spacial score (nSPS) is 10.4. The molecule has 0 spiro atoms. The molecular formula is C13H16N4OS. The largest absolute Gasteiger partial charge is 0.384 e. The number of nitrogen functional groups attached to an aromatic ring is 1. The number of rotatable bonds is 5. The molecule has 2 aromatic rings. The molecule has 5 nitrogen and oxygen atoms in total. The summed E-state index contributed by atoms with van der Waals surface area (Å²) in [7, 11) is 1.60. The van der Waals surface area contributed by atoms with Crippen LogP contribution >= 0.6 is 11.8 Å². The van der Waals surface area contributed by atoms with Crippen LogP contribution < -0.4 is 11.1 Å². The predicted octanol–water partition coefficient (Wildman–Crippen LogP) is 2.67. The van der Waals surface area contributed by atoms with E-state index in [9.17, 15) is 0 Å². The zero-order chi connectivity index (χ0) is 13.7. The Kier molecular flexibility index (Phi) is 4.59. The number of anilines is 3. The van der Waals surface area contributed by atoms with E-state index in [-0.39, 0.29) is 0 Å². The lowest BCUT2D eigenvalue weighted by molar-refractivity contribution is 0.178. The maximum atomic E-state index is 5.75. The lowest BCUT2D eigenvalue weighted by Crippen LogP contribution is -2.04. The topological polar surface area (TPSA) is 73.1 Å². The summed E-state index contributed by atoms with van der Waals surface area (Å²) in [5.74, 6) is 1.65. The Morgan fingerprint density at radius 2 is 2.16 bits per heavy atom. The SMILES string of the molecule is COCc1nc(N)cc(Nc2cccc(SC)c2)n1. The van der Waals surface area contributed by atoms with Gasteiger partial charge in [0.05, 0.1) is 0 Å². The average molecular weight is 276 g/mol. The van der Waals surface area contributed by atoms with Crippen LogP contribution in [0.1, 0.15) is 5.82 Å². The molecule has 100 valence electrons. The molecule has 6 heteroatoms. The lowest BCUT2D eigenvalue weighted by Gasteiger charge is -2.09. The van der Waals surface area contributed by atoms with Gasteiger partial charge in [0.2, 0.25) is 0 Å². The van der Waals surface area contributed by atoms with Gasteiger partial charge in [-0.1, -0.05) is 6.07 Å². The number of benzene rings is 1. The highest BCUT2D eigenvalue weighted by atomic mass is 32.2. The van der Waals surface area contributed by atoms with Crippen LogP contribution in [0.4, 0.5) is 17.3 Å². The molecule has 0 saturated carbocycles. The molecule has 0 radical (unpaired) electrons. The molecule has 0 unspecified atom stereocenters. The molecule has 1 aromatic carbocycles. The van der Waals surface area contributed by atoms with Crippen molar-refractivity contribution in [1.29, 1.82) is 0 Å². The summed E-state index contributed by atoms with van der Waals surface area (Å²) in [6.07, 6.45) is 2.04. The standard InChI is InChI=1S/C13H16N4OS/c1-18-8-13-16-11(14)7-12(17-13)15-9-4-3-5-10(6-9)19-2/h3-7H,8H2,1-2H3,(H3,14,15,16,17). The lowest BCUT2D eigenvalue weighted by atomic mass is 10.3. The third-order valence-corrected chi connectivity index (χ3v) is 3.13. The Morgan fingerprint density at radius 1 is 1.32 bits per heavy atom.